The molecule has 5 rings (SSSR count). The molecule has 0 amide bonds. The minimum absolute atomic E-state index is 0.179. The summed E-state index contributed by atoms with van der Waals surface area (Å²) in [7, 11) is 1.54. The Bertz CT molecular complexity index is 849. The first kappa shape index (κ1) is 18.2. The minimum atomic E-state index is -0.179. The normalized spacial score (nSPS) is 27.5. The van der Waals surface area contributed by atoms with Crippen molar-refractivity contribution in [2.75, 3.05) is 38.2 Å². The first-order chi connectivity index (χ1) is 13.6. The van der Waals surface area contributed by atoms with Gasteiger partial charge in [-0.3, -0.25) is 0 Å². The second kappa shape index (κ2) is 6.87. The summed E-state index contributed by atoms with van der Waals surface area (Å²) in [5.74, 6) is 1.86. The number of likely N-dealkylation sites (N-methyl/N-ethyl adjacent to an activating group) is 1. The van der Waals surface area contributed by atoms with Crippen LogP contribution >= 0.6 is 0 Å². The molecular weight excluding hydrogens is 352 g/mol. The van der Waals surface area contributed by atoms with Crippen molar-refractivity contribution in [1.29, 1.82) is 0 Å². The van der Waals surface area contributed by atoms with Gasteiger partial charge in [-0.05, 0) is 49.9 Å². The predicted molar refractivity (Wildman–Crippen MR) is 109 cm³/mol. The SMILES string of the molecule is CCN1CC2CC2(c2ccc(N3CCCn4cc(C(C)OOC)nc43)cc2)C1. The van der Waals surface area contributed by atoms with Crippen molar-refractivity contribution in [1.82, 2.24) is 14.5 Å². The van der Waals surface area contributed by atoms with Crippen LogP contribution < -0.4 is 4.90 Å². The fourth-order valence-electron chi connectivity index (χ4n) is 5.19. The number of rotatable bonds is 6. The van der Waals surface area contributed by atoms with E-state index in [2.05, 4.69) is 51.8 Å². The number of fused-ring (bicyclic) bond motifs is 2. The number of nitrogens with zero attached hydrogens (tertiary/aromatic N) is 4. The van der Waals surface area contributed by atoms with Gasteiger partial charge < -0.3 is 14.4 Å². The number of aromatic nitrogens is 2. The molecule has 3 unspecified atom stereocenters. The van der Waals surface area contributed by atoms with E-state index < -0.39 is 0 Å². The summed E-state index contributed by atoms with van der Waals surface area (Å²) < 4.78 is 2.23. The summed E-state index contributed by atoms with van der Waals surface area (Å²) in [5.41, 5.74) is 4.07. The Balaban J connectivity index is 1.38. The van der Waals surface area contributed by atoms with E-state index in [9.17, 15) is 0 Å². The minimum Gasteiger partial charge on any atom is -0.317 e. The molecule has 2 aromatic rings. The Morgan fingerprint density at radius 1 is 1.25 bits per heavy atom. The third-order valence-electron chi connectivity index (χ3n) is 6.87. The highest BCUT2D eigenvalue weighted by Crippen LogP contribution is 2.59. The number of imidazole rings is 1. The van der Waals surface area contributed by atoms with Crippen molar-refractivity contribution in [3.8, 4) is 0 Å². The van der Waals surface area contributed by atoms with Crippen molar-refractivity contribution in [3.05, 3.63) is 41.7 Å². The van der Waals surface area contributed by atoms with Crippen LogP contribution in [0.1, 0.15) is 44.1 Å². The number of hydrogen-bond donors (Lipinski definition) is 0. The van der Waals surface area contributed by atoms with Gasteiger partial charge in [-0.15, -0.1) is 0 Å². The van der Waals surface area contributed by atoms with E-state index in [4.69, 9.17) is 14.8 Å². The number of benzene rings is 1. The lowest BCUT2D eigenvalue weighted by Gasteiger charge is -2.29. The summed E-state index contributed by atoms with van der Waals surface area (Å²) in [4.78, 5) is 19.8. The molecule has 150 valence electrons. The molecule has 28 heavy (non-hydrogen) atoms. The molecule has 2 aliphatic heterocycles. The second-order valence-electron chi connectivity index (χ2n) is 8.50. The molecule has 6 heteroatoms. The standard InChI is InChI=1S/C22H30N4O2/c1-4-24-13-18-12-22(18,15-24)17-6-8-19(9-7-17)26-11-5-10-25-14-20(23-21(25)26)16(2)28-27-3/h6-9,14,16,18H,4-5,10-13,15H2,1-3H3. The van der Waals surface area contributed by atoms with Gasteiger partial charge in [0.2, 0.25) is 5.95 Å². The van der Waals surface area contributed by atoms with Gasteiger partial charge >= 0.3 is 0 Å². The Labute approximate surface area is 167 Å². The Morgan fingerprint density at radius 3 is 2.79 bits per heavy atom. The number of anilines is 2. The maximum Gasteiger partial charge on any atom is 0.210 e. The molecule has 3 atom stereocenters. The van der Waals surface area contributed by atoms with Crippen molar-refractivity contribution >= 4 is 11.6 Å². The summed E-state index contributed by atoms with van der Waals surface area (Å²) in [6.07, 6.45) is 4.38. The van der Waals surface area contributed by atoms with Crippen LogP contribution in [0, 0.1) is 5.92 Å². The van der Waals surface area contributed by atoms with Crippen molar-refractivity contribution in [2.45, 2.75) is 44.8 Å². The zero-order chi connectivity index (χ0) is 19.3. The second-order valence-corrected chi connectivity index (χ2v) is 8.50. The zero-order valence-corrected chi connectivity index (χ0v) is 17.1. The molecule has 1 saturated heterocycles. The van der Waals surface area contributed by atoms with Gasteiger partial charge in [0.25, 0.3) is 0 Å². The Hall–Kier alpha value is -1.89. The highest BCUT2D eigenvalue weighted by Gasteiger charge is 2.60. The van der Waals surface area contributed by atoms with E-state index in [0.29, 0.717) is 5.41 Å². The van der Waals surface area contributed by atoms with Crippen molar-refractivity contribution in [2.24, 2.45) is 5.92 Å². The number of hydrogen-bond acceptors (Lipinski definition) is 5. The first-order valence-corrected chi connectivity index (χ1v) is 10.5. The summed E-state index contributed by atoms with van der Waals surface area (Å²) in [6, 6.07) is 9.28. The van der Waals surface area contributed by atoms with Gasteiger partial charge in [0.1, 0.15) is 6.10 Å². The maximum atomic E-state index is 5.25. The lowest BCUT2D eigenvalue weighted by Crippen LogP contribution is -2.28. The molecule has 2 fully saturated rings. The van der Waals surface area contributed by atoms with Gasteiger partial charge in [0, 0.05) is 43.5 Å². The average Bonchev–Trinajstić information content (AvgIpc) is 3.08. The van der Waals surface area contributed by atoms with Gasteiger partial charge in [-0.2, -0.15) is 0 Å². The van der Waals surface area contributed by atoms with E-state index >= 15 is 0 Å². The van der Waals surface area contributed by atoms with Crippen LogP contribution in [-0.2, 0) is 21.7 Å². The molecule has 0 spiro atoms. The van der Waals surface area contributed by atoms with Crippen LogP contribution in [0.2, 0.25) is 0 Å². The van der Waals surface area contributed by atoms with Gasteiger partial charge in [-0.1, -0.05) is 19.1 Å². The topological polar surface area (TPSA) is 42.8 Å². The van der Waals surface area contributed by atoms with Crippen LogP contribution in [0.4, 0.5) is 11.6 Å². The van der Waals surface area contributed by atoms with Crippen LogP contribution in [0.5, 0.6) is 0 Å². The van der Waals surface area contributed by atoms with Gasteiger partial charge in [0.05, 0.1) is 12.8 Å². The summed E-state index contributed by atoms with van der Waals surface area (Å²) in [6.45, 7) is 9.88. The van der Waals surface area contributed by atoms with Crippen LogP contribution in [-0.4, -0.2) is 47.7 Å². The Morgan fingerprint density at radius 2 is 2.07 bits per heavy atom. The quantitative estimate of drug-likeness (QED) is 0.563. The molecule has 6 nitrogen and oxygen atoms in total. The third-order valence-corrected chi connectivity index (χ3v) is 6.87. The first-order valence-electron chi connectivity index (χ1n) is 10.5. The fourth-order valence-corrected chi connectivity index (χ4v) is 5.19. The molecule has 1 saturated carbocycles. The smallest absolute Gasteiger partial charge is 0.210 e. The lowest BCUT2D eigenvalue weighted by molar-refractivity contribution is -0.304. The molecule has 3 aliphatic rings. The monoisotopic (exact) mass is 382 g/mol. The van der Waals surface area contributed by atoms with E-state index in [-0.39, 0.29) is 6.10 Å². The van der Waals surface area contributed by atoms with Crippen molar-refractivity contribution < 1.29 is 9.78 Å². The van der Waals surface area contributed by atoms with E-state index in [1.165, 1.54) is 44.4 Å². The van der Waals surface area contributed by atoms with Crippen LogP contribution in [0.15, 0.2) is 30.5 Å². The molecule has 0 bridgehead atoms. The maximum absolute atomic E-state index is 5.25. The highest BCUT2D eigenvalue weighted by molar-refractivity contribution is 5.60. The summed E-state index contributed by atoms with van der Waals surface area (Å²) >= 11 is 0. The zero-order valence-electron chi connectivity index (χ0n) is 17.1. The largest absolute Gasteiger partial charge is 0.317 e. The van der Waals surface area contributed by atoms with E-state index in [1.807, 2.05) is 6.92 Å². The molecule has 3 heterocycles. The average molecular weight is 383 g/mol. The highest BCUT2D eigenvalue weighted by atomic mass is 17.2. The molecule has 1 aromatic carbocycles. The Kier molecular flexibility index (Phi) is 4.45. The third kappa shape index (κ3) is 2.86. The van der Waals surface area contributed by atoms with Crippen molar-refractivity contribution in [3.63, 3.8) is 0 Å². The number of aryl methyl sites for hydroxylation is 1. The number of likely N-dealkylation sites (tertiary alicyclic amines) is 1. The van der Waals surface area contributed by atoms with Crippen LogP contribution in [0.3, 0.4) is 0 Å². The van der Waals surface area contributed by atoms with Gasteiger partial charge in [-0.25, -0.2) is 14.8 Å². The van der Waals surface area contributed by atoms with E-state index in [0.717, 1.165) is 37.1 Å². The predicted octanol–water partition coefficient (Wildman–Crippen LogP) is 3.66. The fraction of sp³-hybridized carbons (Fsp3) is 0.591. The molecule has 1 aliphatic carbocycles. The molecular formula is C22H30N4O2. The number of piperidine rings is 1. The van der Waals surface area contributed by atoms with E-state index in [1.54, 1.807) is 0 Å². The molecule has 0 radical (unpaired) electrons. The lowest BCUT2D eigenvalue weighted by atomic mass is 9.94. The van der Waals surface area contributed by atoms with Gasteiger partial charge in [0.15, 0.2) is 0 Å². The molecule has 1 aromatic heterocycles. The molecule has 0 N–H and O–H groups in total. The summed E-state index contributed by atoms with van der Waals surface area (Å²) in [5, 5.41) is 0. The van der Waals surface area contributed by atoms with Crippen LogP contribution in [0.25, 0.3) is 0 Å².